The van der Waals surface area contributed by atoms with Crippen molar-refractivity contribution in [3.05, 3.63) is 34.0 Å². The highest BCUT2D eigenvalue weighted by molar-refractivity contribution is 6.38. The summed E-state index contributed by atoms with van der Waals surface area (Å²) < 4.78 is 11.2. The Morgan fingerprint density at radius 2 is 1.89 bits per heavy atom. The highest BCUT2D eigenvalue weighted by Gasteiger charge is 2.38. The third kappa shape index (κ3) is 4.39. The Balaban J connectivity index is 1.92. The summed E-state index contributed by atoms with van der Waals surface area (Å²) in [5.41, 5.74) is -0.207. The predicted octanol–water partition coefficient (Wildman–Crippen LogP) is 4.47. The van der Waals surface area contributed by atoms with Gasteiger partial charge in [-0.25, -0.2) is 4.79 Å². The fourth-order valence-electron chi connectivity index (χ4n) is 3.03. The zero-order chi connectivity index (χ0) is 19.9. The van der Waals surface area contributed by atoms with Gasteiger partial charge in [0.1, 0.15) is 17.2 Å². The first-order chi connectivity index (χ1) is 12.5. The molecule has 1 saturated heterocycles. The standard InChI is InChI=1S/C19H22Cl2N2O4/c1-19(2,3)27-18(25)23-6-5-22(4)10-14(23)17(24)16-9-12-13(21)7-11(20)8-15(12)26-16/h7-9,14H,5-6,10H2,1-4H3. The lowest BCUT2D eigenvalue weighted by Crippen LogP contribution is -2.58. The number of rotatable bonds is 2. The lowest BCUT2D eigenvalue weighted by atomic mass is 10.1. The van der Waals surface area contributed by atoms with E-state index in [4.69, 9.17) is 32.4 Å². The van der Waals surface area contributed by atoms with Crippen LogP contribution in [0.15, 0.2) is 22.6 Å². The highest BCUT2D eigenvalue weighted by atomic mass is 35.5. The van der Waals surface area contributed by atoms with Gasteiger partial charge in [-0.3, -0.25) is 9.69 Å². The lowest BCUT2D eigenvalue weighted by molar-refractivity contribution is 0.00261. The molecule has 0 N–H and O–H groups in total. The molecule has 146 valence electrons. The van der Waals surface area contributed by atoms with Gasteiger partial charge >= 0.3 is 6.09 Å². The topological polar surface area (TPSA) is 63.0 Å². The van der Waals surface area contributed by atoms with Crippen LogP contribution in [-0.4, -0.2) is 60.0 Å². The van der Waals surface area contributed by atoms with Crippen LogP contribution in [0.2, 0.25) is 10.0 Å². The fourth-order valence-corrected chi connectivity index (χ4v) is 3.56. The minimum Gasteiger partial charge on any atom is -0.453 e. The summed E-state index contributed by atoms with van der Waals surface area (Å²) in [6.07, 6.45) is -0.508. The summed E-state index contributed by atoms with van der Waals surface area (Å²) in [7, 11) is 1.90. The number of hydrogen-bond acceptors (Lipinski definition) is 5. The van der Waals surface area contributed by atoms with Crippen LogP contribution in [0.5, 0.6) is 0 Å². The molecule has 3 rings (SSSR count). The average molecular weight is 413 g/mol. The van der Waals surface area contributed by atoms with Crippen molar-refractivity contribution in [3.63, 3.8) is 0 Å². The zero-order valence-electron chi connectivity index (χ0n) is 15.7. The minimum absolute atomic E-state index is 0.142. The van der Waals surface area contributed by atoms with Crippen molar-refractivity contribution < 1.29 is 18.7 Å². The molecule has 1 aromatic carbocycles. The summed E-state index contributed by atoms with van der Waals surface area (Å²) in [5, 5.41) is 1.44. The molecule has 1 unspecified atom stereocenters. The van der Waals surface area contributed by atoms with E-state index in [-0.39, 0.29) is 11.5 Å². The van der Waals surface area contributed by atoms with E-state index < -0.39 is 17.7 Å². The maximum atomic E-state index is 13.1. The Labute approximate surface area is 167 Å². The largest absolute Gasteiger partial charge is 0.453 e. The number of nitrogens with zero attached hydrogens (tertiary/aromatic N) is 2. The van der Waals surface area contributed by atoms with Crippen LogP contribution in [0, 0.1) is 0 Å². The number of carbonyl (C=O) groups excluding carboxylic acids is 2. The molecule has 1 aliphatic heterocycles. The van der Waals surface area contributed by atoms with Crippen LogP contribution in [0.4, 0.5) is 4.79 Å². The molecular weight excluding hydrogens is 391 g/mol. The Morgan fingerprint density at radius 1 is 1.19 bits per heavy atom. The molecule has 2 heterocycles. The SMILES string of the molecule is CN1CCN(C(=O)OC(C)(C)C)C(C(=O)c2cc3c(Cl)cc(Cl)cc3o2)C1. The summed E-state index contributed by atoms with van der Waals surface area (Å²) in [5.74, 6) is -0.154. The summed E-state index contributed by atoms with van der Waals surface area (Å²) in [6, 6.07) is 4.10. The van der Waals surface area contributed by atoms with Crippen molar-refractivity contribution in [2.45, 2.75) is 32.4 Å². The Kier molecular flexibility index (Phi) is 5.43. The third-order valence-corrected chi connectivity index (χ3v) is 4.84. The van der Waals surface area contributed by atoms with Crippen molar-refractivity contribution in [3.8, 4) is 0 Å². The molecule has 1 aliphatic rings. The first-order valence-corrected chi connectivity index (χ1v) is 9.42. The van der Waals surface area contributed by atoms with Gasteiger partial charge in [-0.2, -0.15) is 0 Å². The van der Waals surface area contributed by atoms with Crippen molar-refractivity contribution >= 4 is 46.0 Å². The van der Waals surface area contributed by atoms with E-state index in [1.54, 1.807) is 39.0 Å². The van der Waals surface area contributed by atoms with Gasteiger partial charge < -0.3 is 14.1 Å². The number of benzene rings is 1. The lowest BCUT2D eigenvalue weighted by Gasteiger charge is -2.39. The van der Waals surface area contributed by atoms with Gasteiger partial charge in [0.15, 0.2) is 5.76 Å². The average Bonchev–Trinajstić information content (AvgIpc) is 2.96. The normalized spacial score (nSPS) is 18.7. The maximum absolute atomic E-state index is 13.1. The molecule has 27 heavy (non-hydrogen) atoms. The number of ketones is 1. The van der Waals surface area contributed by atoms with Crippen LogP contribution < -0.4 is 0 Å². The third-order valence-electron chi connectivity index (χ3n) is 4.31. The van der Waals surface area contributed by atoms with Gasteiger partial charge in [0.25, 0.3) is 0 Å². The van der Waals surface area contributed by atoms with E-state index in [9.17, 15) is 9.59 Å². The number of ether oxygens (including phenoxy) is 1. The molecule has 2 aromatic rings. The number of piperazine rings is 1. The van der Waals surface area contributed by atoms with Crippen LogP contribution in [0.3, 0.4) is 0 Å². The van der Waals surface area contributed by atoms with Crippen molar-refractivity contribution in [2.75, 3.05) is 26.7 Å². The molecule has 1 atom stereocenters. The summed E-state index contributed by atoms with van der Waals surface area (Å²) >= 11 is 12.2. The first kappa shape index (κ1) is 20.0. The molecule has 1 fully saturated rings. The van der Waals surface area contributed by atoms with Crippen LogP contribution >= 0.6 is 23.2 Å². The molecule has 8 heteroatoms. The van der Waals surface area contributed by atoms with Gasteiger partial charge in [-0.15, -0.1) is 0 Å². The number of carbonyl (C=O) groups is 2. The minimum atomic E-state index is -0.701. The van der Waals surface area contributed by atoms with Crippen LogP contribution in [-0.2, 0) is 4.74 Å². The van der Waals surface area contributed by atoms with E-state index in [2.05, 4.69) is 0 Å². The number of halogens is 2. The highest BCUT2D eigenvalue weighted by Crippen LogP contribution is 2.31. The molecule has 0 spiro atoms. The van der Waals surface area contributed by atoms with Crippen molar-refractivity contribution in [1.29, 1.82) is 0 Å². The number of hydrogen-bond donors (Lipinski definition) is 0. The monoisotopic (exact) mass is 412 g/mol. The van der Waals surface area contributed by atoms with Crippen molar-refractivity contribution in [1.82, 2.24) is 9.80 Å². The number of furan rings is 1. The van der Waals surface area contributed by atoms with E-state index in [1.165, 1.54) is 4.90 Å². The Hall–Kier alpha value is -1.76. The summed E-state index contributed by atoms with van der Waals surface area (Å²) in [6.45, 7) is 6.83. The number of likely N-dealkylation sites (N-methyl/N-ethyl adjacent to an activating group) is 1. The van der Waals surface area contributed by atoms with Crippen LogP contribution in [0.25, 0.3) is 11.0 Å². The second-order valence-electron chi connectivity index (χ2n) is 7.73. The second kappa shape index (κ2) is 7.34. The first-order valence-electron chi connectivity index (χ1n) is 8.66. The van der Waals surface area contributed by atoms with Crippen LogP contribution in [0.1, 0.15) is 31.3 Å². The van der Waals surface area contributed by atoms with E-state index >= 15 is 0 Å². The molecule has 0 bridgehead atoms. The quantitative estimate of drug-likeness (QED) is 0.680. The molecule has 6 nitrogen and oxygen atoms in total. The molecule has 0 saturated carbocycles. The number of Topliss-reactive ketones (excluding diaryl/α,β-unsaturated/α-hetero) is 1. The molecule has 0 radical (unpaired) electrons. The van der Waals surface area contributed by atoms with Gasteiger partial charge in [0, 0.05) is 36.1 Å². The predicted molar refractivity (Wildman–Crippen MR) is 105 cm³/mol. The molecule has 1 aromatic heterocycles. The molecule has 1 amide bonds. The molecule has 0 aliphatic carbocycles. The van der Waals surface area contributed by atoms with E-state index in [0.29, 0.717) is 40.6 Å². The van der Waals surface area contributed by atoms with Gasteiger partial charge in [-0.05, 0) is 40.0 Å². The van der Waals surface area contributed by atoms with Crippen molar-refractivity contribution in [2.24, 2.45) is 0 Å². The van der Waals surface area contributed by atoms with E-state index in [1.807, 2.05) is 11.9 Å². The fraction of sp³-hybridized carbons (Fsp3) is 0.474. The Morgan fingerprint density at radius 3 is 2.56 bits per heavy atom. The Bertz CT molecular complexity index is 888. The maximum Gasteiger partial charge on any atom is 0.411 e. The summed E-state index contributed by atoms with van der Waals surface area (Å²) in [4.78, 5) is 29.2. The second-order valence-corrected chi connectivity index (χ2v) is 8.57. The van der Waals surface area contributed by atoms with Gasteiger partial charge in [-0.1, -0.05) is 23.2 Å². The molecular formula is C19H22Cl2N2O4. The van der Waals surface area contributed by atoms with Gasteiger partial charge in [0.2, 0.25) is 5.78 Å². The van der Waals surface area contributed by atoms with Gasteiger partial charge in [0.05, 0.1) is 5.02 Å². The zero-order valence-corrected chi connectivity index (χ0v) is 17.2. The number of amides is 1. The van der Waals surface area contributed by atoms with E-state index in [0.717, 1.165) is 0 Å². The smallest absolute Gasteiger partial charge is 0.411 e. The number of fused-ring (bicyclic) bond motifs is 1.